The number of ketones is 1. The van der Waals surface area contributed by atoms with E-state index in [1.807, 2.05) is 0 Å². The summed E-state index contributed by atoms with van der Waals surface area (Å²) in [5, 5.41) is 20.8. The zero-order chi connectivity index (χ0) is 17.0. The Morgan fingerprint density at radius 1 is 1.35 bits per heavy atom. The summed E-state index contributed by atoms with van der Waals surface area (Å²) in [6, 6.07) is 8.98. The number of rotatable bonds is 6. The third kappa shape index (κ3) is 4.10. The SMILES string of the molecule is CC(=O)c1ccc(F)cc1OCC(O)c1cccc([N+](=O)[O-])c1. The van der Waals surface area contributed by atoms with Crippen LogP contribution >= 0.6 is 0 Å². The molecule has 2 aromatic carbocycles. The van der Waals surface area contributed by atoms with Gasteiger partial charge in [-0.3, -0.25) is 14.9 Å². The number of ether oxygens (including phenoxy) is 1. The molecule has 0 aliphatic carbocycles. The van der Waals surface area contributed by atoms with Crippen LogP contribution in [0.1, 0.15) is 28.9 Å². The molecule has 0 aliphatic rings. The summed E-state index contributed by atoms with van der Waals surface area (Å²) in [5.41, 5.74) is 0.328. The number of non-ortho nitro benzene ring substituents is 1. The second kappa shape index (κ2) is 6.97. The number of carbonyl (C=O) groups is 1. The van der Waals surface area contributed by atoms with Crippen molar-refractivity contribution in [3.8, 4) is 5.75 Å². The van der Waals surface area contributed by atoms with Crippen LogP contribution in [-0.4, -0.2) is 22.4 Å². The minimum atomic E-state index is -1.15. The molecule has 1 N–H and O–H groups in total. The minimum absolute atomic E-state index is 0.0157. The summed E-state index contributed by atoms with van der Waals surface area (Å²) in [6.07, 6.45) is -1.15. The Morgan fingerprint density at radius 3 is 2.74 bits per heavy atom. The zero-order valence-corrected chi connectivity index (χ0v) is 12.2. The molecule has 1 atom stereocenters. The first-order valence-electron chi connectivity index (χ1n) is 6.74. The van der Waals surface area contributed by atoms with Gasteiger partial charge in [-0.2, -0.15) is 0 Å². The molecule has 6 nitrogen and oxygen atoms in total. The molecule has 7 heteroatoms. The molecule has 120 valence electrons. The van der Waals surface area contributed by atoms with Gasteiger partial charge in [-0.15, -0.1) is 0 Å². The van der Waals surface area contributed by atoms with Crippen LogP contribution in [0.25, 0.3) is 0 Å². The monoisotopic (exact) mass is 319 g/mol. The summed E-state index contributed by atoms with van der Waals surface area (Å²) in [7, 11) is 0. The number of nitro groups is 1. The highest BCUT2D eigenvalue weighted by atomic mass is 19.1. The first-order chi connectivity index (χ1) is 10.9. The number of carbonyl (C=O) groups excluding carboxylic acids is 1. The van der Waals surface area contributed by atoms with E-state index in [2.05, 4.69) is 0 Å². The van der Waals surface area contributed by atoms with E-state index in [0.29, 0.717) is 5.56 Å². The molecular formula is C16H14FNO5. The lowest BCUT2D eigenvalue weighted by molar-refractivity contribution is -0.385. The molecule has 0 bridgehead atoms. The molecule has 0 aromatic heterocycles. The molecule has 0 radical (unpaired) electrons. The highest BCUT2D eigenvalue weighted by Gasteiger charge is 2.15. The number of aliphatic hydroxyl groups excluding tert-OH is 1. The number of hydrogen-bond donors (Lipinski definition) is 1. The molecule has 2 aromatic rings. The Morgan fingerprint density at radius 2 is 2.09 bits per heavy atom. The van der Waals surface area contributed by atoms with Crippen molar-refractivity contribution in [1.82, 2.24) is 0 Å². The summed E-state index contributed by atoms with van der Waals surface area (Å²) < 4.78 is 18.6. The van der Waals surface area contributed by atoms with Crippen LogP contribution in [0.2, 0.25) is 0 Å². The van der Waals surface area contributed by atoms with E-state index in [-0.39, 0.29) is 29.4 Å². The van der Waals surface area contributed by atoms with Crippen LogP contribution in [0.4, 0.5) is 10.1 Å². The maximum atomic E-state index is 13.3. The quantitative estimate of drug-likeness (QED) is 0.502. The van der Waals surface area contributed by atoms with Gasteiger partial charge in [0, 0.05) is 18.2 Å². The highest BCUT2D eigenvalue weighted by Crippen LogP contribution is 2.24. The van der Waals surface area contributed by atoms with Crippen molar-refractivity contribution in [2.75, 3.05) is 6.61 Å². The van der Waals surface area contributed by atoms with E-state index in [4.69, 9.17) is 4.74 Å². The standard InChI is InChI=1S/C16H14FNO5/c1-10(19)14-6-5-12(17)8-16(14)23-9-15(20)11-3-2-4-13(7-11)18(21)22/h2-8,15,20H,9H2,1H3. The van der Waals surface area contributed by atoms with E-state index >= 15 is 0 Å². The molecule has 0 saturated carbocycles. The molecule has 2 rings (SSSR count). The Balaban J connectivity index is 2.15. The average molecular weight is 319 g/mol. The largest absolute Gasteiger partial charge is 0.490 e. The number of nitrogens with zero attached hydrogens (tertiary/aromatic N) is 1. The molecule has 0 heterocycles. The number of aliphatic hydroxyl groups is 1. The van der Waals surface area contributed by atoms with Crippen molar-refractivity contribution in [1.29, 1.82) is 0 Å². The van der Waals surface area contributed by atoms with Crippen molar-refractivity contribution < 1.29 is 24.0 Å². The van der Waals surface area contributed by atoms with Gasteiger partial charge in [-0.1, -0.05) is 12.1 Å². The van der Waals surface area contributed by atoms with Gasteiger partial charge in [-0.25, -0.2) is 4.39 Å². The molecule has 1 unspecified atom stereocenters. The highest BCUT2D eigenvalue weighted by molar-refractivity contribution is 5.96. The van der Waals surface area contributed by atoms with Crippen molar-refractivity contribution in [3.05, 3.63) is 69.5 Å². The van der Waals surface area contributed by atoms with Gasteiger partial charge in [0.05, 0.1) is 10.5 Å². The van der Waals surface area contributed by atoms with Gasteiger partial charge in [-0.05, 0) is 24.6 Å². The molecule has 0 aliphatic heterocycles. The van der Waals surface area contributed by atoms with Gasteiger partial charge in [0.25, 0.3) is 5.69 Å². The fourth-order valence-corrected chi connectivity index (χ4v) is 2.02. The average Bonchev–Trinajstić information content (AvgIpc) is 2.52. The predicted molar refractivity (Wildman–Crippen MR) is 80.0 cm³/mol. The lowest BCUT2D eigenvalue weighted by atomic mass is 10.1. The molecule has 0 amide bonds. The Kier molecular flexibility index (Phi) is 5.02. The van der Waals surface area contributed by atoms with Crippen LogP contribution < -0.4 is 4.74 Å². The summed E-state index contributed by atoms with van der Waals surface area (Å²) in [6.45, 7) is 1.04. The first-order valence-corrected chi connectivity index (χ1v) is 6.74. The number of benzene rings is 2. The normalized spacial score (nSPS) is 11.8. The first kappa shape index (κ1) is 16.6. The summed E-state index contributed by atoms with van der Waals surface area (Å²) in [4.78, 5) is 21.6. The van der Waals surface area contributed by atoms with E-state index < -0.39 is 16.8 Å². The van der Waals surface area contributed by atoms with Crippen LogP contribution in [0.5, 0.6) is 5.75 Å². The van der Waals surface area contributed by atoms with E-state index in [9.17, 15) is 24.4 Å². The van der Waals surface area contributed by atoms with Gasteiger partial charge in [0.2, 0.25) is 0 Å². The van der Waals surface area contributed by atoms with Crippen LogP contribution in [-0.2, 0) is 0 Å². The third-order valence-electron chi connectivity index (χ3n) is 3.19. The van der Waals surface area contributed by atoms with Gasteiger partial charge in [0.1, 0.15) is 24.3 Å². The third-order valence-corrected chi connectivity index (χ3v) is 3.19. The fraction of sp³-hybridized carbons (Fsp3) is 0.188. The molecular weight excluding hydrogens is 305 g/mol. The van der Waals surface area contributed by atoms with Crippen molar-refractivity contribution in [3.63, 3.8) is 0 Å². The van der Waals surface area contributed by atoms with Gasteiger partial charge >= 0.3 is 0 Å². The topological polar surface area (TPSA) is 89.7 Å². The zero-order valence-electron chi connectivity index (χ0n) is 12.2. The summed E-state index contributed by atoms with van der Waals surface area (Å²) >= 11 is 0. The van der Waals surface area contributed by atoms with Crippen LogP contribution in [0, 0.1) is 15.9 Å². The van der Waals surface area contributed by atoms with E-state index in [1.165, 1.54) is 37.3 Å². The van der Waals surface area contributed by atoms with Crippen LogP contribution in [0.3, 0.4) is 0 Å². The summed E-state index contributed by atoms with van der Waals surface area (Å²) in [5.74, 6) is -0.860. The Labute approximate surface area is 131 Å². The van der Waals surface area contributed by atoms with Crippen molar-refractivity contribution >= 4 is 11.5 Å². The lowest BCUT2D eigenvalue weighted by Gasteiger charge is -2.14. The smallest absolute Gasteiger partial charge is 0.269 e. The van der Waals surface area contributed by atoms with Crippen LogP contribution in [0.15, 0.2) is 42.5 Å². The number of nitro benzene ring substituents is 1. The van der Waals surface area contributed by atoms with Crippen molar-refractivity contribution in [2.24, 2.45) is 0 Å². The molecule has 0 saturated heterocycles. The maximum absolute atomic E-state index is 13.3. The van der Waals surface area contributed by atoms with E-state index in [1.54, 1.807) is 0 Å². The lowest BCUT2D eigenvalue weighted by Crippen LogP contribution is -2.11. The van der Waals surface area contributed by atoms with Crippen molar-refractivity contribution in [2.45, 2.75) is 13.0 Å². The Hall–Kier alpha value is -2.80. The maximum Gasteiger partial charge on any atom is 0.269 e. The number of hydrogen-bond acceptors (Lipinski definition) is 5. The number of Topliss-reactive ketones (excluding diaryl/α,β-unsaturated/α-hetero) is 1. The number of halogens is 1. The predicted octanol–water partition coefficient (Wildman–Crippen LogP) is 3.05. The fourth-order valence-electron chi connectivity index (χ4n) is 2.02. The second-order valence-electron chi connectivity index (χ2n) is 4.88. The molecule has 23 heavy (non-hydrogen) atoms. The Bertz CT molecular complexity index is 747. The van der Waals surface area contributed by atoms with E-state index in [0.717, 1.165) is 12.1 Å². The molecule has 0 fully saturated rings. The minimum Gasteiger partial charge on any atom is -0.490 e. The van der Waals surface area contributed by atoms with Gasteiger partial charge < -0.3 is 9.84 Å². The second-order valence-corrected chi connectivity index (χ2v) is 4.88. The molecule has 0 spiro atoms. The van der Waals surface area contributed by atoms with Gasteiger partial charge in [0.15, 0.2) is 5.78 Å².